The summed E-state index contributed by atoms with van der Waals surface area (Å²) in [5, 5.41) is 19.2. The highest BCUT2D eigenvalue weighted by Crippen LogP contribution is 2.39. The van der Waals surface area contributed by atoms with E-state index in [0.29, 0.717) is 18.8 Å². The van der Waals surface area contributed by atoms with Crippen molar-refractivity contribution in [2.75, 3.05) is 6.61 Å². The van der Waals surface area contributed by atoms with Crippen LogP contribution in [0.2, 0.25) is 0 Å². The number of nitrogens with zero attached hydrogens (tertiary/aromatic N) is 2. The van der Waals surface area contributed by atoms with Crippen LogP contribution in [0.15, 0.2) is 23.1 Å². The van der Waals surface area contributed by atoms with Gasteiger partial charge in [-0.1, -0.05) is 0 Å². The molecule has 0 amide bonds. The lowest BCUT2D eigenvalue weighted by Gasteiger charge is -2.22. The van der Waals surface area contributed by atoms with Gasteiger partial charge in [-0.2, -0.15) is 5.26 Å². The third-order valence-electron chi connectivity index (χ3n) is 2.18. The van der Waals surface area contributed by atoms with Crippen molar-refractivity contribution in [1.82, 2.24) is 0 Å². The Morgan fingerprint density at radius 2 is 2.50 bits per heavy atom. The molecule has 1 atom stereocenters. The minimum absolute atomic E-state index is 0.0260. The molecule has 2 rings (SSSR count). The van der Waals surface area contributed by atoms with E-state index in [4.69, 9.17) is 10.00 Å². The van der Waals surface area contributed by atoms with Gasteiger partial charge in [-0.25, -0.2) is 0 Å². The Bertz CT molecular complexity index is 470. The fourth-order valence-corrected chi connectivity index (χ4v) is 2.45. The minimum Gasteiger partial charge on any atom is -0.491 e. The monoisotopic (exact) mass is 236 g/mol. The van der Waals surface area contributed by atoms with E-state index in [1.165, 1.54) is 23.9 Å². The average molecular weight is 236 g/mol. The Labute approximate surface area is 96.2 Å². The largest absolute Gasteiger partial charge is 0.491 e. The Morgan fingerprint density at radius 3 is 3.19 bits per heavy atom. The maximum absolute atomic E-state index is 10.6. The van der Waals surface area contributed by atoms with Crippen molar-refractivity contribution >= 4 is 17.4 Å². The minimum atomic E-state index is -0.449. The first-order valence-electron chi connectivity index (χ1n) is 4.65. The molecule has 0 aliphatic carbocycles. The maximum atomic E-state index is 10.6. The van der Waals surface area contributed by atoms with Crippen LogP contribution in [0.1, 0.15) is 6.42 Å². The van der Waals surface area contributed by atoms with Crippen LogP contribution in [0.25, 0.3) is 0 Å². The number of hydrogen-bond donors (Lipinski definition) is 0. The number of fused-ring (bicyclic) bond motifs is 1. The van der Waals surface area contributed by atoms with Crippen molar-refractivity contribution in [3.8, 4) is 11.8 Å². The second-order valence-electron chi connectivity index (χ2n) is 3.30. The van der Waals surface area contributed by atoms with E-state index in [1.807, 2.05) is 0 Å². The number of nitriles is 1. The van der Waals surface area contributed by atoms with Gasteiger partial charge in [-0.3, -0.25) is 10.1 Å². The topological polar surface area (TPSA) is 76.2 Å². The maximum Gasteiger partial charge on any atom is 0.273 e. The normalized spacial score (nSPS) is 18.1. The molecule has 0 saturated carbocycles. The first-order chi connectivity index (χ1) is 7.70. The molecule has 82 valence electrons. The van der Waals surface area contributed by atoms with Crippen LogP contribution in [0, 0.1) is 21.4 Å². The zero-order valence-corrected chi connectivity index (χ0v) is 9.07. The molecule has 0 bridgehead atoms. The van der Waals surface area contributed by atoms with E-state index in [-0.39, 0.29) is 10.9 Å². The summed E-state index contributed by atoms with van der Waals surface area (Å²) in [6.45, 7) is 0.423. The second-order valence-corrected chi connectivity index (χ2v) is 4.64. The lowest BCUT2D eigenvalue weighted by atomic mass is 10.3. The van der Waals surface area contributed by atoms with Gasteiger partial charge in [-0.15, -0.1) is 11.8 Å². The van der Waals surface area contributed by atoms with Gasteiger partial charge in [0.2, 0.25) is 0 Å². The Morgan fingerprint density at radius 1 is 1.69 bits per heavy atom. The number of rotatable bonds is 2. The fourth-order valence-electron chi connectivity index (χ4n) is 1.42. The number of thioether (sulfide) groups is 1. The van der Waals surface area contributed by atoms with Crippen LogP contribution in [-0.4, -0.2) is 16.8 Å². The van der Waals surface area contributed by atoms with E-state index < -0.39 is 4.92 Å². The van der Waals surface area contributed by atoms with Crippen LogP contribution < -0.4 is 4.74 Å². The number of nitro benzene ring substituents is 1. The highest BCUT2D eigenvalue weighted by Gasteiger charge is 2.22. The first kappa shape index (κ1) is 10.8. The SMILES string of the molecule is N#CCC1COc2cc([N+](=O)[O-])ccc2S1. The molecular formula is C10H8N2O3S. The Hall–Kier alpha value is -1.74. The first-order valence-corrected chi connectivity index (χ1v) is 5.53. The lowest BCUT2D eigenvalue weighted by Crippen LogP contribution is -2.18. The second kappa shape index (κ2) is 4.41. The smallest absolute Gasteiger partial charge is 0.273 e. The molecule has 0 fully saturated rings. The molecule has 1 aliphatic heterocycles. The van der Waals surface area contributed by atoms with Gasteiger partial charge in [0, 0.05) is 6.07 Å². The Kier molecular flexibility index (Phi) is 2.97. The number of benzene rings is 1. The van der Waals surface area contributed by atoms with E-state index in [1.54, 1.807) is 6.07 Å². The summed E-state index contributed by atoms with van der Waals surface area (Å²) in [7, 11) is 0. The number of ether oxygens (including phenoxy) is 1. The molecule has 16 heavy (non-hydrogen) atoms. The summed E-state index contributed by atoms with van der Waals surface area (Å²) < 4.78 is 5.40. The summed E-state index contributed by atoms with van der Waals surface area (Å²) in [6.07, 6.45) is 0.418. The lowest BCUT2D eigenvalue weighted by molar-refractivity contribution is -0.385. The molecule has 1 aliphatic rings. The highest BCUT2D eigenvalue weighted by molar-refractivity contribution is 8.00. The molecular weight excluding hydrogens is 228 g/mol. The highest BCUT2D eigenvalue weighted by atomic mass is 32.2. The van der Waals surface area contributed by atoms with Crippen LogP contribution in [-0.2, 0) is 0 Å². The predicted octanol–water partition coefficient (Wildman–Crippen LogP) is 2.36. The van der Waals surface area contributed by atoms with E-state index in [0.717, 1.165) is 4.90 Å². The quantitative estimate of drug-likeness (QED) is 0.582. The summed E-state index contributed by atoms with van der Waals surface area (Å²) in [5.74, 6) is 0.536. The van der Waals surface area contributed by atoms with E-state index in [9.17, 15) is 10.1 Å². The van der Waals surface area contributed by atoms with Crippen molar-refractivity contribution in [3.05, 3.63) is 28.3 Å². The van der Waals surface area contributed by atoms with Crippen molar-refractivity contribution in [3.63, 3.8) is 0 Å². The van der Waals surface area contributed by atoms with Crippen molar-refractivity contribution in [2.24, 2.45) is 0 Å². The fraction of sp³-hybridized carbons (Fsp3) is 0.300. The molecule has 1 aromatic rings. The standard InChI is InChI=1S/C10H8N2O3S/c11-4-3-8-6-15-9-5-7(12(13)14)1-2-10(9)16-8/h1-2,5,8H,3,6H2. The van der Waals surface area contributed by atoms with Gasteiger partial charge in [0.25, 0.3) is 5.69 Å². The van der Waals surface area contributed by atoms with Crippen LogP contribution in [0.4, 0.5) is 5.69 Å². The molecule has 1 unspecified atom stereocenters. The molecule has 6 heteroatoms. The zero-order valence-electron chi connectivity index (χ0n) is 8.25. The van der Waals surface area contributed by atoms with Gasteiger partial charge in [0.1, 0.15) is 12.4 Å². The number of non-ortho nitro benzene ring substituents is 1. The van der Waals surface area contributed by atoms with Crippen molar-refractivity contribution in [2.45, 2.75) is 16.6 Å². The zero-order chi connectivity index (χ0) is 11.5. The summed E-state index contributed by atoms with van der Waals surface area (Å²) in [4.78, 5) is 11.0. The van der Waals surface area contributed by atoms with Crippen LogP contribution >= 0.6 is 11.8 Å². The summed E-state index contributed by atoms with van der Waals surface area (Å²) in [6, 6.07) is 6.63. The third-order valence-corrected chi connectivity index (χ3v) is 3.40. The van der Waals surface area contributed by atoms with Gasteiger partial charge >= 0.3 is 0 Å². The molecule has 0 aromatic heterocycles. The molecule has 5 nitrogen and oxygen atoms in total. The molecule has 0 radical (unpaired) electrons. The summed E-state index contributed by atoms with van der Waals surface area (Å²) in [5.41, 5.74) is 0.0260. The van der Waals surface area contributed by atoms with Crippen molar-refractivity contribution in [1.29, 1.82) is 5.26 Å². The van der Waals surface area contributed by atoms with Gasteiger partial charge in [-0.05, 0) is 6.07 Å². The van der Waals surface area contributed by atoms with Crippen molar-refractivity contribution < 1.29 is 9.66 Å². The molecule has 0 saturated heterocycles. The number of hydrogen-bond acceptors (Lipinski definition) is 5. The molecule has 1 aromatic carbocycles. The third kappa shape index (κ3) is 2.09. The average Bonchev–Trinajstić information content (AvgIpc) is 2.28. The molecule has 1 heterocycles. The van der Waals surface area contributed by atoms with Crippen LogP contribution in [0.5, 0.6) is 5.75 Å². The van der Waals surface area contributed by atoms with E-state index >= 15 is 0 Å². The van der Waals surface area contributed by atoms with Gasteiger partial charge < -0.3 is 4.74 Å². The Balaban J connectivity index is 2.23. The predicted molar refractivity (Wildman–Crippen MR) is 58.5 cm³/mol. The van der Waals surface area contributed by atoms with Gasteiger partial charge in [0.15, 0.2) is 0 Å². The summed E-state index contributed by atoms with van der Waals surface area (Å²) >= 11 is 1.53. The molecule has 0 N–H and O–H groups in total. The van der Waals surface area contributed by atoms with Gasteiger partial charge in [0.05, 0.1) is 33.6 Å². The number of nitro groups is 1. The molecule has 0 spiro atoms. The van der Waals surface area contributed by atoms with Crippen LogP contribution in [0.3, 0.4) is 0 Å². The van der Waals surface area contributed by atoms with E-state index in [2.05, 4.69) is 6.07 Å².